The second-order valence-corrected chi connectivity index (χ2v) is 6.89. The summed E-state index contributed by atoms with van der Waals surface area (Å²) in [6, 6.07) is 0.813. The molecule has 0 aliphatic heterocycles. The highest BCUT2D eigenvalue weighted by Gasteiger charge is 2.44. The van der Waals surface area contributed by atoms with Gasteiger partial charge in [0.25, 0.3) is 0 Å². The van der Waals surface area contributed by atoms with E-state index in [0.717, 1.165) is 16.8 Å². The van der Waals surface area contributed by atoms with Gasteiger partial charge >= 0.3 is 6.18 Å². The van der Waals surface area contributed by atoms with Gasteiger partial charge in [-0.1, -0.05) is 19.3 Å². The van der Waals surface area contributed by atoms with Crippen LogP contribution >= 0.6 is 0 Å². The smallest absolute Gasteiger partial charge is 0.417 e. The fraction of sp³-hybridized carbons (Fsp3) is 0.600. The molecule has 0 radical (unpaired) electrons. The van der Waals surface area contributed by atoms with Crippen LogP contribution in [-0.2, 0) is 27.7 Å². The van der Waals surface area contributed by atoms with E-state index >= 15 is 0 Å². The average molecular weight is 378 g/mol. The highest BCUT2D eigenvalue weighted by atomic mass is 32.2. The number of carbonyl (C=O) groups is 1. The summed E-state index contributed by atoms with van der Waals surface area (Å²) >= 11 is -2.74. The first-order valence-corrected chi connectivity index (χ1v) is 8.91. The Morgan fingerprint density at radius 3 is 2.44 bits per heavy atom. The topological polar surface area (TPSA) is 99.4 Å². The SMILES string of the molecule is CCN(c1ncc(C(F)(F)F)cc1C1(C(N)=O)CCCCC1)S(=O)[O-]. The predicted octanol–water partition coefficient (Wildman–Crippen LogP) is 2.41. The van der Waals surface area contributed by atoms with Crippen molar-refractivity contribution in [3.05, 3.63) is 23.4 Å². The lowest BCUT2D eigenvalue weighted by molar-refractivity contribution is -0.138. The molecule has 2 N–H and O–H groups in total. The number of rotatable bonds is 5. The Kier molecular flexibility index (Phi) is 5.72. The Labute approximate surface area is 146 Å². The quantitative estimate of drug-likeness (QED) is 0.795. The van der Waals surface area contributed by atoms with Crippen molar-refractivity contribution < 1.29 is 26.7 Å². The summed E-state index contributed by atoms with van der Waals surface area (Å²) in [7, 11) is 0. The number of amides is 1. The number of pyridine rings is 1. The number of hydrogen-bond acceptors (Lipinski definition) is 4. The lowest BCUT2D eigenvalue weighted by atomic mass is 9.68. The molecule has 1 atom stereocenters. The van der Waals surface area contributed by atoms with E-state index in [1.54, 1.807) is 0 Å². The van der Waals surface area contributed by atoms with Gasteiger partial charge in [0.15, 0.2) is 0 Å². The van der Waals surface area contributed by atoms with Crippen molar-refractivity contribution in [3.63, 3.8) is 0 Å². The van der Waals surface area contributed by atoms with E-state index in [2.05, 4.69) is 4.98 Å². The van der Waals surface area contributed by atoms with E-state index in [0.29, 0.717) is 19.0 Å². The highest BCUT2D eigenvalue weighted by Crippen LogP contribution is 2.44. The summed E-state index contributed by atoms with van der Waals surface area (Å²) in [4.78, 5) is 16.0. The number of alkyl halides is 3. The van der Waals surface area contributed by atoms with Gasteiger partial charge in [-0.25, -0.2) is 4.98 Å². The summed E-state index contributed by atoms with van der Waals surface area (Å²) in [5, 5.41) is 0. The molecule has 1 heterocycles. The minimum Gasteiger partial charge on any atom is -0.755 e. The van der Waals surface area contributed by atoms with Crippen LogP contribution in [0.5, 0.6) is 0 Å². The normalized spacial score (nSPS) is 18.6. The van der Waals surface area contributed by atoms with Crippen molar-refractivity contribution in [2.75, 3.05) is 10.8 Å². The first kappa shape index (κ1) is 19.6. The Balaban J connectivity index is 2.73. The molecule has 25 heavy (non-hydrogen) atoms. The number of halogens is 3. The number of nitrogens with two attached hydrogens (primary N) is 1. The van der Waals surface area contributed by atoms with Crippen molar-refractivity contribution in [1.29, 1.82) is 0 Å². The molecule has 1 amide bonds. The number of aromatic nitrogens is 1. The standard InChI is InChI=1S/C15H20F3N3O3S/c1-2-21(25(23)24)12-11(8-10(9-20-12)15(16,17)18)14(13(19)22)6-4-3-5-7-14/h8-9H,2-7H2,1H3,(H2,19,22)(H,23,24)/p-1. The maximum absolute atomic E-state index is 13.1. The highest BCUT2D eigenvalue weighted by molar-refractivity contribution is 7.80. The molecule has 1 aliphatic carbocycles. The summed E-state index contributed by atoms with van der Waals surface area (Å²) in [6.07, 6.45) is -1.49. The molecule has 1 unspecified atom stereocenters. The van der Waals surface area contributed by atoms with Crippen molar-refractivity contribution in [1.82, 2.24) is 4.98 Å². The largest absolute Gasteiger partial charge is 0.755 e. The minimum absolute atomic E-state index is 0.0314. The van der Waals surface area contributed by atoms with Gasteiger partial charge in [0, 0.05) is 29.6 Å². The van der Waals surface area contributed by atoms with Crippen LogP contribution < -0.4 is 10.0 Å². The molecule has 0 spiro atoms. The van der Waals surface area contributed by atoms with Crippen molar-refractivity contribution >= 4 is 23.0 Å². The molecule has 0 saturated heterocycles. The number of anilines is 1. The van der Waals surface area contributed by atoms with Gasteiger partial charge in [-0.05, 0) is 25.8 Å². The molecule has 10 heteroatoms. The van der Waals surface area contributed by atoms with E-state index in [1.165, 1.54) is 6.92 Å². The zero-order chi connectivity index (χ0) is 18.8. The maximum atomic E-state index is 13.1. The van der Waals surface area contributed by atoms with Gasteiger partial charge in [-0.3, -0.25) is 13.3 Å². The van der Waals surface area contributed by atoms with Gasteiger partial charge in [0.05, 0.1) is 11.0 Å². The lowest BCUT2D eigenvalue weighted by Crippen LogP contribution is -2.44. The van der Waals surface area contributed by atoms with Crippen LogP contribution in [0.2, 0.25) is 0 Å². The second-order valence-electron chi connectivity index (χ2n) is 6.01. The van der Waals surface area contributed by atoms with Gasteiger partial charge in [-0.15, -0.1) is 0 Å². The Morgan fingerprint density at radius 1 is 1.40 bits per heavy atom. The van der Waals surface area contributed by atoms with E-state index in [1.807, 2.05) is 0 Å². The Morgan fingerprint density at radius 2 is 2.00 bits per heavy atom. The van der Waals surface area contributed by atoms with Crippen LogP contribution in [0.4, 0.5) is 19.0 Å². The molecule has 1 aromatic heterocycles. The van der Waals surface area contributed by atoms with E-state index in [4.69, 9.17) is 5.73 Å². The first-order chi connectivity index (χ1) is 11.6. The van der Waals surface area contributed by atoms with Gasteiger partial charge in [0.1, 0.15) is 5.82 Å². The van der Waals surface area contributed by atoms with Crippen LogP contribution in [0.3, 0.4) is 0 Å². The van der Waals surface area contributed by atoms with Gasteiger partial charge < -0.3 is 10.3 Å². The minimum atomic E-state index is -4.67. The molecular formula is C15H19F3N3O3S-. The van der Waals surface area contributed by atoms with Gasteiger partial charge in [0.2, 0.25) is 5.91 Å². The summed E-state index contributed by atoms with van der Waals surface area (Å²) < 4.78 is 63.2. The van der Waals surface area contributed by atoms with Crippen LogP contribution in [0.1, 0.15) is 50.2 Å². The fourth-order valence-electron chi connectivity index (χ4n) is 3.29. The van der Waals surface area contributed by atoms with E-state index in [9.17, 15) is 26.7 Å². The molecule has 1 aromatic rings. The predicted molar refractivity (Wildman–Crippen MR) is 85.1 cm³/mol. The lowest BCUT2D eigenvalue weighted by Gasteiger charge is -2.38. The van der Waals surface area contributed by atoms with Crippen molar-refractivity contribution in [2.45, 2.75) is 50.6 Å². The molecule has 2 rings (SSSR count). The summed E-state index contributed by atoms with van der Waals surface area (Å²) in [6.45, 7) is 1.49. The molecule has 0 bridgehead atoms. The van der Waals surface area contributed by atoms with E-state index < -0.39 is 34.3 Å². The number of primary amides is 1. The van der Waals surface area contributed by atoms with Crippen molar-refractivity contribution in [2.24, 2.45) is 5.73 Å². The molecule has 6 nitrogen and oxygen atoms in total. The molecular weight excluding hydrogens is 359 g/mol. The van der Waals surface area contributed by atoms with Crippen molar-refractivity contribution in [3.8, 4) is 0 Å². The van der Waals surface area contributed by atoms with Crippen LogP contribution in [0, 0.1) is 0 Å². The summed E-state index contributed by atoms with van der Waals surface area (Å²) in [5.41, 5.74) is 3.10. The number of hydrogen-bond donors (Lipinski definition) is 1. The second kappa shape index (κ2) is 7.28. The summed E-state index contributed by atoms with van der Waals surface area (Å²) in [5.74, 6) is -0.938. The molecule has 0 aromatic carbocycles. The van der Waals surface area contributed by atoms with Crippen LogP contribution in [0.15, 0.2) is 12.3 Å². The number of nitrogens with zero attached hydrogens (tertiary/aromatic N) is 2. The van der Waals surface area contributed by atoms with Crippen LogP contribution in [-0.4, -0.2) is 26.2 Å². The first-order valence-electron chi connectivity index (χ1n) is 7.88. The molecule has 1 saturated carbocycles. The Bertz CT molecular complexity index is 676. The molecule has 140 valence electrons. The fourth-order valence-corrected chi connectivity index (χ4v) is 3.79. The van der Waals surface area contributed by atoms with Gasteiger partial charge in [-0.2, -0.15) is 13.2 Å². The average Bonchev–Trinajstić information content (AvgIpc) is 2.55. The third-order valence-corrected chi connectivity index (χ3v) is 5.38. The third-order valence-electron chi connectivity index (χ3n) is 4.59. The third kappa shape index (κ3) is 3.79. The zero-order valence-electron chi connectivity index (χ0n) is 13.6. The molecule has 1 aliphatic rings. The molecule has 1 fully saturated rings. The monoisotopic (exact) mass is 378 g/mol. The number of carbonyl (C=O) groups excluding carboxylic acids is 1. The van der Waals surface area contributed by atoms with E-state index in [-0.39, 0.29) is 30.8 Å². The maximum Gasteiger partial charge on any atom is 0.417 e. The zero-order valence-corrected chi connectivity index (χ0v) is 14.5. The Hall–Kier alpha value is -1.68. The van der Waals surface area contributed by atoms with Crippen LogP contribution in [0.25, 0.3) is 0 Å².